The fourth-order valence-corrected chi connectivity index (χ4v) is 5.21. The van der Waals surface area contributed by atoms with E-state index in [9.17, 15) is 0 Å². The fourth-order valence-electron chi connectivity index (χ4n) is 4.31. The average molecular weight is 450 g/mol. The van der Waals surface area contributed by atoms with Crippen molar-refractivity contribution in [1.29, 1.82) is 0 Å². The van der Waals surface area contributed by atoms with Gasteiger partial charge in [0.1, 0.15) is 5.69 Å². The second-order valence-electron chi connectivity index (χ2n) is 8.52. The van der Waals surface area contributed by atoms with Crippen LogP contribution in [0.5, 0.6) is 0 Å². The van der Waals surface area contributed by atoms with Gasteiger partial charge < -0.3 is 9.88 Å². The normalized spacial score (nSPS) is 11.5. The highest BCUT2D eigenvalue weighted by Crippen LogP contribution is 2.37. The standard InChI is InChI=1S/C27H23N5S/c1-16-7-10-26(33-16)20-5-4-6-23-21(20)13-25(29-23)27-22-12-17(8-9-24(22)30-31-27)18-11-19(32(2)3)15-28-14-18/h4-15,29H,1-3H3,(H,30,31). The minimum absolute atomic E-state index is 0.924. The van der Waals surface area contributed by atoms with E-state index in [4.69, 9.17) is 0 Å². The van der Waals surface area contributed by atoms with E-state index in [1.807, 2.05) is 37.8 Å². The predicted molar refractivity (Wildman–Crippen MR) is 139 cm³/mol. The quantitative estimate of drug-likeness (QED) is 0.308. The molecule has 0 bridgehead atoms. The summed E-state index contributed by atoms with van der Waals surface area (Å²) in [6.07, 6.45) is 3.79. The number of aromatic amines is 2. The van der Waals surface area contributed by atoms with Crippen LogP contribution in [0.2, 0.25) is 0 Å². The van der Waals surface area contributed by atoms with Crippen molar-refractivity contribution in [2.75, 3.05) is 19.0 Å². The van der Waals surface area contributed by atoms with Crippen LogP contribution in [0.3, 0.4) is 0 Å². The van der Waals surface area contributed by atoms with Crippen LogP contribution < -0.4 is 4.90 Å². The van der Waals surface area contributed by atoms with Gasteiger partial charge in [0.2, 0.25) is 0 Å². The molecule has 0 fully saturated rings. The van der Waals surface area contributed by atoms with E-state index in [-0.39, 0.29) is 0 Å². The summed E-state index contributed by atoms with van der Waals surface area (Å²) in [6, 6.07) is 21.6. The predicted octanol–water partition coefficient (Wildman–Crippen LogP) is 6.88. The number of hydrogen-bond donors (Lipinski definition) is 2. The number of hydrogen-bond acceptors (Lipinski definition) is 4. The van der Waals surface area contributed by atoms with Gasteiger partial charge in [-0.1, -0.05) is 18.2 Å². The first-order valence-corrected chi connectivity index (χ1v) is 11.7. The molecule has 6 heteroatoms. The first kappa shape index (κ1) is 19.8. The zero-order valence-electron chi connectivity index (χ0n) is 18.7. The van der Waals surface area contributed by atoms with E-state index in [2.05, 4.69) is 92.7 Å². The minimum Gasteiger partial charge on any atom is -0.376 e. The van der Waals surface area contributed by atoms with Crippen LogP contribution >= 0.6 is 11.3 Å². The lowest BCUT2D eigenvalue weighted by Crippen LogP contribution is -2.08. The highest BCUT2D eigenvalue weighted by Gasteiger charge is 2.15. The third-order valence-electron chi connectivity index (χ3n) is 6.06. The number of thiophene rings is 1. The number of fused-ring (bicyclic) bond motifs is 2. The van der Waals surface area contributed by atoms with Crippen LogP contribution in [0, 0.1) is 6.92 Å². The number of nitrogens with one attached hydrogen (secondary N) is 2. The molecule has 33 heavy (non-hydrogen) atoms. The summed E-state index contributed by atoms with van der Waals surface area (Å²) in [6.45, 7) is 2.15. The molecule has 0 atom stereocenters. The molecule has 0 amide bonds. The van der Waals surface area contributed by atoms with E-state index in [0.717, 1.165) is 44.6 Å². The summed E-state index contributed by atoms with van der Waals surface area (Å²) < 4.78 is 0. The molecule has 0 saturated heterocycles. The number of nitrogens with zero attached hydrogens (tertiary/aromatic N) is 3. The van der Waals surface area contributed by atoms with Gasteiger partial charge >= 0.3 is 0 Å². The number of benzene rings is 2. The van der Waals surface area contributed by atoms with Gasteiger partial charge in [0.05, 0.1) is 23.1 Å². The molecule has 0 saturated carbocycles. The third-order valence-corrected chi connectivity index (χ3v) is 7.10. The number of pyridine rings is 1. The maximum absolute atomic E-state index is 4.67. The van der Waals surface area contributed by atoms with Crippen molar-refractivity contribution < 1.29 is 0 Å². The average Bonchev–Trinajstić information content (AvgIpc) is 3.55. The molecule has 2 N–H and O–H groups in total. The fraction of sp³-hybridized carbons (Fsp3) is 0.111. The Balaban J connectivity index is 1.48. The first-order chi connectivity index (χ1) is 16.1. The Morgan fingerprint density at radius 3 is 2.58 bits per heavy atom. The number of aryl methyl sites for hydroxylation is 1. The summed E-state index contributed by atoms with van der Waals surface area (Å²) in [7, 11) is 4.06. The lowest BCUT2D eigenvalue weighted by Gasteiger charge is -2.13. The van der Waals surface area contributed by atoms with Gasteiger partial charge in [-0.25, -0.2) is 0 Å². The van der Waals surface area contributed by atoms with E-state index in [1.165, 1.54) is 20.7 Å². The van der Waals surface area contributed by atoms with Crippen LogP contribution in [0.25, 0.3) is 54.8 Å². The highest BCUT2D eigenvalue weighted by molar-refractivity contribution is 7.15. The van der Waals surface area contributed by atoms with Gasteiger partial charge in [-0.15, -0.1) is 11.3 Å². The highest BCUT2D eigenvalue weighted by atomic mass is 32.1. The molecule has 6 rings (SSSR count). The second kappa shape index (κ2) is 7.60. The molecule has 162 valence electrons. The molecule has 4 heterocycles. The molecule has 6 aromatic rings. The van der Waals surface area contributed by atoms with E-state index < -0.39 is 0 Å². The van der Waals surface area contributed by atoms with Crippen LogP contribution in [-0.2, 0) is 0 Å². The molecule has 0 aliphatic rings. The largest absolute Gasteiger partial charge is 0.376 e. The maximum atomic E-state index is 4.67. The molecule has 0 spiro atoms. The van der Waals surface area contributed by atoms with E-state index >= 15 is 0 Å². The van der Waals surface area contributed by atoms with Gasteiger partial charge in [0.25, 0.3) is 0 Å². The van der Waals surface area contributed by atoms with Crippen molar-refractivity contribution in [3.8, 4) is 33.0 Å². The van der Waals surface area contributed by atoms with Crippen molar-refractivity contribution in [3.05, 3.63) is 77.9 Å². The van der Waals surface area contributed by atoms with Crippen molar-refractivity contribution in [2.45, 2.75) is 6.92 Å². The minimum atomic E-state index is 0.924. The van der Waals surface area contributed by atoms with Gasteiger partial charge in [-0.05, 0) is 55.0 Å². The lowest BCUT2D eigenvalue weighted by molar-refractivity contribution is 1.11. The topological polar surface area (TPSA) is 60.6 Å². The van der Waals surface area contributed by atoms with Gasteiger partial charge in [-0.2, -0.15) is 5.10 Å². The molecule has 0 aliphatic heterocycles. The number of aromatic nitrogens is 4. The Labute approximate surface area is 195 Å². The van der Waals surface area contributed by atoms with Gasteiger partial charge in [0, 0.05) is 57.5 Å². The zero-order valence-corrected chi connectivity index (χ0v) is 19.5. The van der Waals surface area contributed by atoms with Crippen LogP contribution in [0.1, 0.15) is 4.88 Å². The third kappa shape index (κ3) is 3.39. The maximum Gasteiger partial charge on any atom is 0.116 e. The summed E-state index contributed by atoms with van der Waals surface area (Å²) in [5.74, 6) is 0. The molecule has 0 aliphatic carbocycles. The van der Waals surface area contributed by atoms with E-state index in [0.29, 0.717) is 0 Å². The Hall–Kier alpha value is -3.90. The molecular formula is C27H23N5S. The Morgan fingerprint density at radius 1 is 0.848 bits per heavy atom. The molecule has 5 nitrogen and oxygen atoms in total. The molecule has 0 radical (unpaired) electrons. The molecular weight excluding hydrogens is 426 g/mol. The molecule has 2 aromatic carbocycles. The lowest BCUT2D eigenvalue weighted by atomic mass is 10.0. The smallest absolute Gasteiger partial charge is 0.116 e. The van der Waals surface area contributed by atoms with Crippen molar-refractivity contribution in [2.24, 2.45) is 0 Å². The van der Waals surface area contributed by atoms with Crippen molar-refractivity contribution in [1.82, 2.24) is 20.2 Å². The Morgan fingerprint density at radius 2 is 1.76 bits per heavy atom. The number of H-pyrrole nitrogens is 2. The van der Waals surface area contributed by atoms with E-state index in [1.54, 1.807) is 0 Å². The Kier molecular flexibility index (Phi) is 4.55. The van der Waals surface area contributed by atoms with Crippen molar-refractivity contribution in [3.63, 3.8) is 0 Å². The van der Waals surface area contributed by atoms with Crippen molar-refractivity contribution >= 4 is 38.8 Å². The molecule has 0 unspecified atom stereocenters. The first-order valence-electron chi connectivity index (χ1n) is 10.9. The molecule has 4 aromatic heterocycles. The number of rotatable bonds is 4. The summed E-state index contributed by atoms with van der Waals surface area (Å²) in [5, 5.41) is 10.2. The summed E-state index contributed by atoms with van der Waals surface area (Å²) >= 11 is 1.82. The number of anilines is 1. The van der Waals surface area contributed by atoms with Gasteiger partial charge in [-0.3, -0.25) is 10.1 Å². The van der Waals surface area contributed by atoms with Crippen LogP contribution in [0.15, 0.2) is 73.1 Å². The summed E-state index contributed by atoms with van der Waals surface area (Å²) in [5.41, 5.74) is 8.59. The van der Waals surface area contributed by atoms with Gasteiger partial charge in [0.15, 0.2) is 0 Å². The van der Waals surface area contributed by atoms with Crippen LogP contribution in [0.4, 0.5) is 5.69 Å². The SMILES string of the molecule is Cc1ccc(-c2cccc3[nH]c(-c4n[nH]c5ccc(-c6cncc(N(C)C)c6)cc45)cc23)s1. The Bertz CT molecular complexity index is 1620. The second-order valence-corrected chi connectivity index (χ2v) is 9.81. The monoisotopic (exact) mass is 449 g/mol. The zero-order chi connectivity index (χ0) is 22.5. The summed E-state index contributed by atoms with van der Waals surface area (Å²) in [4.78, 5) is 12.7. The van der Waals surface area contributed by atoms with Crippen LogP contribution in [-0.4, -0.2) is 34.3 Å².